The Kier molecular flexibility index (Phi) is 9.71. The summed E-state index contributed by atoms with van der Waals surface area (Å²) in [5.41, 5.74) is 4.89. The molecule has 2 N–H and O–H groups in total. The molecule has 1 aromatic heterocycles. The molecule has 1 atom stereocenters. The van der Waals surface area contributed by atoms with Crippen LogP contribution in [0.5, 0.6) is 0 Å². The number of hydrogen-bond acceptors (Lipinski definition) is 3. The van der Waals surface area contributed by atoms with Crippen LogP contribution in [0.15, 0.2) is 35.3 Å². The van der Waals surface area contributed by atoms with Crippen molar-refractivity contribution >= 4 is 5.96 Å². The lowest BCUT2D eigenvalue weighted by Gasteiger charge is -2.15. The summed E-state index contributed by atoms with van der Waals surface area (Å²) in [6.07, 6.45) is 2.94. The second-order valence-electron chi connectivity index (χ2n) is 7.10. The average molecular weight is 400 g/mol. The number of hydrogen-bond donors (Lipinski definition) is 2. The van der Waals surface area contributed by atoms with Gasteiger partial charge in [-0.15, -0.1) is 0 Å². The van der Waals surface area contributed by atoms with E-state index in [9.17, 15) is 0 Å². The first-order valence-electron chi connectivity index (χ1n) is 10.8. The van der Waals surface area contributed by atoms with E-state index in [1.165, 1.54) is 16.8 Å². The molecule has 0 aliphatic rings. The van der Waals surface area contributed by atoms with Crippen LogP contribution in [0.2, 0.25) is 0 Å². The van der Waals surface area contributed by atoms with Crippen molar-refractivity contribution in [1.29, 1.82) is 0 Å². The van der Waals surface area contributed by atoms with Gasteiger partial charge in [-0.2, -0.15) is 5.10 Å². The summed E-state index contributed by atoms with van der Waals surface area (Å²) in [7, 11) is 2.02. The fraction of sp³-hybridized carbons (Fsp3) is 0.565. The Morgan fingerprint density at radius 2 is 1.90 bits per heavy atom. The Bertz CT molecular complexity index is 754. The van der Waals surface area contributed by atoms with E-state index < -0.39 is 0 Å². The van der Waals surface area contributed by atoms with E-state index in [0.29, 0.717) is 13.2 Å². The van der Waals surface area contributed by atoms with Crippen LogP contribution in [0.25, 0.3) is 0 Å². The number of aromatic nitrogens is 2. The van der Waals surface area contributed by atoms with Gasteiger partial charge in [0.2, 0.25) is 0 Å². The molecular weight excluding hydrogens is 362 g/mol. The molecule has 0 aliphatic carbocycles. The average Bonchev–Trinajstić information content (AvgIpc) is 3.06. The molecule has 0 amide bonds. The predicted octanol–water partition coefficient (Wildman–Crippen LogP) is 3.77. The minimum absolute atomic E-state index is 0.114. The molecule has 0 fully saturated rings. The Morgan fingerprint density at radius 1 is 1.14 bits per heavy atom. The molecule has 0 spiro atoms. The van der Waals surface area contributed by atoms with Crippen molar-refractivity contribution in [3.63, 3.8) is 0 Å². The molecule has 0 radical (unpaired) electrons. The zero-order valence-corrected chi connectivity index (χ0v) is 18.7. The van der Waals surface area contributed by atoms with Gasteiger partial charge in [0.15, 0.2) is 5.96 Å². The third-order valence-electron chi connectivity index (χ3n) is 5.02. The normalized spacial score (nSPS) is 12.8. The molecule has 2 aromatic rings. The maximum atomic E-state index is 5.95. The summed E-state index contributed by atoms with van der Waals surface area (Å²) in [6.45, 7) is 11.5. The lowest BCUT2D eigenvalue weighted by atomic mass is 10.1. The Labute approximate surface area is 175 Å². The van der Waals surface area contributed by atoms with Crippen molar-refractivity contribution in [2.24, 2.45) is 12.0 Å². The van der Waals surface area contributed by atoms with Crippen LogP contribution in [-0.4, -0.2) is 35.4 Å². The summed E-state index contributed by atoms with van der Waals surface area (Å²) in [5.74, 6) is 0.844. The van der Waals surface area contributed by atoms with Crippen LogP contribution in [-0.2, 0) is 31.2 Å². The van der Waals surface area contributed by atoms with Gasteiger partial charge in [-0.05, 0) is 38.7 Å². The highest BCUT2D eigenvalue weighted by Crippen LogP contribution is 2.17. The number of guanidine groups is 1. The van der Waals surface area contributed by atoms with E-state index >= 15 is 0 Å². The van der Waals surface area contributed by atoms with Gasteiger partial charge in [-0.3, -0.25) is 4.68 Å². The van der Waals surface area contributed by atoms with E-state index in [2.05, 4.69) is 55.6 Å². The second kappa shape index (κ2) is 12.3. The van der Waals surface area contributed by atoms with Gasteiger partial charge >= 0.3 is 0 Å². The van der Waals surface area contributed by atoms with Crippen molar-refractivity contribution in [2.75, 3.05) is 19.7 Å². The number of aliphatic imine (C=N–C) groups is 1. The second-order valence-corrected chi connectivity index (χ2v) is 7.10. The lowest BCUT2D eigenvalue weighted by Crippen LogP contribution is -2.38. The van der Waals surface area contributed by atoms with Crippen LogP contribution in [0.1, 0.15) is 62.7 Å². The highest BCUT2D eigenvalue weighted by atomic mass is 16.5. The first kappa shape index (κ1) is 22.9. The first-order valence-corrected chi connectivity index (χ1v) is 10.8. The molecular formula is C23H37N5O. The molecule has 6 heteroatoms. The number of ether oxygens (including phenoxy) is 1. The van der Waals surface area contributed by atoms with Gasteiger partial charge in [0, 0.05) is 38.0 Å². The van der Waals surface area contributed by atoms with Crippen LogP contribution in [0.4, 0.5) is 0 Å². The number of nitrogens with zero attached hydrogens (tertiary/aromatic N) is 3. The van der Waals surface area contributed by atoms with Crippen LogP contribution >= 0.6 is 0 Å². The molecule has 0 saturated heterocycles. The lowest BCUT2D eigenvalue weighted by molar-refractivity contribution is 0.0646. The molecule has 1 unspecified atom stereocenters. The molecule has 0 aliphatic heterocycles. The maximum absolute atomic E-state index is 5.95. The van der Waals surface area contributed by atoms with Gasteiger partial charge < -0.3 is 15.4 Å². The smallest absolute Gasteiger partial charge is 0.191 e. The SMILES string of the molecule is CCNC(=NCc1c(CC)nn(C)c1CC)NCCCOC(C)c1ccccc1. The summed E-state index contributed by atoms with van der Waals surface area (Å²) in [4.78, 5) is 4.79. The minimum atomic E-state index is 0.114. The third kappa shape index (κ3) is 6.89. The number of nitrogens with one attached hydrogen (secondary N) is 2. The van der Waals surface area contributed by atoms with Gasteiger partial charge in [0.25, 0.3) is 0 Å². The van der Waals surface area contributed by atoms with Crippen molar-refractivity contribution in [3.05, 3.63) is 52.8 Å². The quantitative estimate of drug-likeness (QED) is 0.343. The van der Waals surface area contributed by atoms with Gasteiger partial charge in [0.05, 0.1) is 18.3 Å². The molecule has 0 bridgehead atoms. The van der Waals surface area contributed by atoms with Crippen molar-refractivity contribution in [3.8, 4) is 0 Å². The monoisotopic (exact) mass is 399 g/mol. The van der Waals surface area contributed by atoms with E-state index in [0.717, 1.165) is 44.0 Å². The zero-order valence-electron chi connectivity index (χ0n) is 18.7. The number of rotatable bonds is 11. The van der Waals surface area contributed by atoms with E-state index in [1.54, 1.807) is 0 Å². The molecule has 160 valence electrons. The van der Waals surface area contributed by atoms with Crippen LogP contribution in [0.3, 0.4) is 0 Å². The zero-order chi connectivity index (χ0) is 21.1. The molecule has 2 rings (SSSR count). The molecule has 1 heterocycles. The highest BCUT2D eigenvalue weighted by molar-refractivity contribution is 5.79. The molecule has 0 saturated carbocycles. The van der Waals surface area contributed by atoms with Crippen molar-refractivity contribution in [2.45, 2.75) is 59.6 Å². The fourth-order valence-electron chi connectivity index (χ4n) is 3.43. The number of benzene rings is 1. The molecule has 29 heavy (non-hydrogen) atoms. The van der Waals surface area contributed by atoms with Crippen LogP contribution < -0.4 is 10.6 Å². The summed E-state index contributed by atoms with van der Waals surface area (Å²) in [6, 6.07) is 10.3. The fourth-order valence-corrected chi connectivity index (χ4v) is 3.43. The minimum Gasteiger partial charge on any atom is -0.374 e. The van der Waals surface area contributed by atoms with Gasteiger partial charge in [-0.25, -0.2) is 4.99 Å². The van der Waals surface area contributed by atoms with Gasteiger partial charge in [-0.1, -0.05) is 44.2 Å². The largest absolute Gasteiger partial charge is 0.374 e. The predicted molar refractivity (Wildman–Crippen MR) is 120 cm³/mol. The summed E-state index contributed by atoms with van der Waals surface area (Å²) >= 11 is 0. The first-order chi connectivity index (χ1) is 14.1. The van der Waals surface area contributed by atoms with Crippen molar-refractivity contribution < 1.29 is 4.74 Å². The third-order valence-corrected chi connectivity index (χ3v) is 5.02. The maximum Gasteiger partial charge on any atom is 0.191 e. The van der Waals surface area contributed by atoms with E-state index in [4.69, 9.17) is 9.73 Å². The summed E-state index contributed by atoms with van der Waals surface area (Å²) in [5, 5.41) is 11.4. The Balaban J connectivity index is 1.84. The van der Waals surface area contributed by atoms with Gasteiger partial charge in [0.1, 0.15) is 0 Å². The molecule has 1 aromatic carbocycles. The van der Waals surface area contributed by atoms with Crippen molar-refractivity contribution in [1.82, 2.24) is 20.4 Å². The van der Waals surface area contributed by atoms with E-state index in [1.807, 2.05) is 29.9 Å². The summed E-state index contributed by atoms with van der Waals surface area (Å²) < 4.78 is 7.95. The van der Waals surface area contributed by atoms with Crippen LogP contribution in [0, 0.1) is 0 Å². The Hall–Kier alpha value is -2.34. The highest BCUT2D eigenvalue weighted by Gasteiger charge is 2.13. The van der Waals surface area contributed by atoms with E-state index in [-0.39, 0.29) is 6.10 Å². The number of aryl methyl sites for hydroxylation is 2. The Morgan fingerprint density at radius 3 is 2.55 bits per heavy atom. The topological polar surface area (TPSA) is 63.5 Å². The molecule has 6 nitrogen and oxygen atoms in total. The standard InChI is InChI=1S/C23H37N5O/c1-6-21-20(22(7-2)28(5)27-21)17-26-23(24-8-3)25-15-12-16-29-18(4)19-13-10-9-11-14-19/h9-11,13-14,18H,6-8,12,15-17H2,1-5H3,(H2,24,25,26).